The second-order valence-electron chi connectivity index (χ2n) is 11.2. The lowest BCUT2D eigenvalue weighted by molar-refractivity contribution is 0.943. The third-order valence-electron chi connectivity index (χ3n) is 7.82. The van der Waals surface area contributed by atoms with Gasteiger partial charge in [0.2, 0.25) is 0 Å². The summed E-state index contributed by atoms with van der Waals surface area (Å²) >= 11 is 0. The zero-order valence-electron chi connectivity index (χ0n) is 27.9. The van der Waals surface area contributed by atoms with Crippen LogP contribution in [0.4, 0.5) is 0 Å². The van der Waals surface area contributed by atoms with Crippen LogP contribution in [0.15, 0.2) is 136 Å². The van der Waals surface area contributed by atoms with E-state index in [0.29, 0.717) is 5.92 Å². The van der Waals surface area contributed by atoms with Crippen molar-refractivity contribution in [3.63, 3.8) is 0 Å². The summed E-state index contributed by atoms with van der Waals surface area (Å²) in [6.07, 6.45) is 26.0. The Balaban J connectivity index is 0.00000177. The molecule has 228 valence electrons. The molecule has 0 spiro atoms. The van der Waals surface area contributed by atoms with Gasteiger partial charge in [0.05, 0.1) is 0 Å². The van der Waals surface area contributed by atoms with Gasteiger partial charge in [-0.3, -0.25) is 0 Å². The molecule has 0 aliphatic heterocycles. The molecule has 0 saturated carbocycles. The van der Waals surface area contributed by atoms with Crippen molar-refractivity contribution in [2.24, 2.45) is 5.92 Å². The Hall–Kier alpha value is -4.94. The molecule has 0 N–H and O–H groups in total. The van der Waals surface area contributed by atoms with Gasteiger partial charge in [0.1, 0.15) is 0 Å². The van der Waals surface area contributed by atoms with E-state index in [-0.39, 0.29) is 0 Å². The van der Waals surface area contributed by atoms with Crippen molar-refractivity contribution in [3.05, 3.63) is 169 Å². The molecule has 1 atom stereocenters. The molecule has 0 radical (unpaired) electrons. The number of rotatable bonds is 10. The standard InChI is InChI=1S/C42H40.C3H8/c1-10-18-37(33(12-3)28(7)8)41-35(14-5)36(15-6)42(38-22-17-20-30(11-2)34(38)13-4)40-27-32(25-26-39(40)41)31-21-16-19-29(9)23-24-31;1-3-2/h10-27,29H,1-2,4-7H2,3,8-9H3;3H2,1-2H3/b33-12+,37-18+;. The topological polar surface area (TPSA) is 0 Å². The molecule has 0 nitrogen and oxygen atoms in total. The minimum absolute atomic E-state index is 0.383. The zero-order chi connectivity index (χ0) is 33.1. The molecule has 0 bridgehead atoms. The van der Waals surface area contributed by atoms with E-state index in [4.69, 9.17) is 0 Å². The van der Waals surface area contributed by atoms with Crippen LogP contribution in [0, 0.1) is 5.92 Å². The van der Waals surface area contributed by atoms with Crippen LogP contribution in [0.2, 0.25) is 0 Å². The normalized spacial score (nSPS) is 14.5. The highest BCUT2D eigenvalue weighted by molar-refractivity contribution is 6.13. The van der Waals surface area contributed by atoms with Crippen molar-refractivity contribution < 1.29 is 0 Å². The molecule has 1 aliphatic carbocycles. The SMILES string of the molecule is C=C/C=C(\C(=C\C)C(=C)C)c1c(C=C)c(C=C)c(-c2cccc(C=C)c2C=C)c2cc(C3=CC=CC(C)C=C3)ccc12.CCC. The van der Waals surface area contributed by atoms with Crippen LogP contribution in [0.5, 0.6) is 0 Å². The quantitative estimate of drug-likeness (QED) is 0.207. The van der Waals surface area contributed by atoms with Gasteiger partial charge in [-0.2, -0.15) is 0 Å². The summed E-state index contributed by atoms with van der Waals surface area (Å²) in [6.45, 7) is 35.7. The van der Waals surface area contributed by atoms with Crippen LogP contribution in [-0.2, 0) is 0 Å². The van der Waals surface area contributed by atoms with Gasteiger partial charge in [0.15, 0.2) is 0 Å². The predicted molar refractivity (Wildman–Crippen MR) is 208 cm³/mol. The van der Waals surface area contributed by atoms with Crippen LogP contribution in [0.3, 0.4) is 0 Å². The highest BCUT2D eigenvalue weighted by Gasteiger charge is 2.23. The van der Waals surface area contributed by atoms with E-state index in [1.165, 1.54) is 12.0 Å². The molecule has 3 aromatic carbocycles. The number of fused-ring (bicyclic) bond motifs is 1. The fourth-order valence-electron chi connectivity index (χ4n) is 5.88. The fraction of sp³-hybridized carbons (Fsp3) is 0.156. The number of hydrogen-bond acceptors (Lipinski definition) is 0. The Morgan fingerprint density at radius 1 is 0.844 bits per heavy atom. The number of allylic oxidation sites excluding steroid dienone is 12. The van der Waals surface area contributed by atoms with Crippen molar-refractivity contribution in [1.82, 2.24) is 0 Å². The third-order valence-corrected chi connectivity index (χ3v) is 7.82. The minimum Gasteiger partial charge on any atom is -0.0990 e. The summed E-state index contributed by atoms with van der Waals surface area (Å²) in [4.78, 5) is 0. The predicted octanol–water partition coefficient (Wildman–Crippen LogP) is 13.7. The van der Waals surface area contributed by atoms with Gasteiger partial charge in [0, 0.05) is 0 Å². The largest absolute Gasteiger partial charge is 0.0990 e. The second kappa shape index (κ2) is 16.2. The second-order valence-corrected chi connectivity index (χ2v) is 11.2. The molecule has 0 saturated heterocycles. The van der Waals surface area contributed by atoms with E-state index in [1.807, 2.05) is 44.2 Å². The average molecular weight is 589 g/mol. The molecular formula is C45H48. The van der Waals surface area contributed by atoms with Gasteiger partial charge in [-0.15, -0.1) is 0 Å². The van der Waals surface area contributed by atoms with E-state index < -0.39 is 0 Å². The van der Waals surface area contributed by atoms with E-state index in [2.05, 4.69) is 139 Å². The van der Waals surface area contributed by atoms with E-state index >= 15 is 0 Å². The maximum absolute atomic E-state index is 4.31. The van der Waals surface area contributed by atoms with E-state index in [1.54, 1.807) is 0 Å². The Morgan fingerprint density at radius 2 is 1.53 bits per heavy atom. The van der Waals surface area contributed by atoms with Gasteiger partial charge in [-0.25, -0.2) is 0 Å². The van der Waals surface area contributed by atoms with Crippen molar-refractivity contribution in [2.45, 2.75) is 41.0 Å². The van der Waals surface area contributed by atoms with Crippen LogP contribution < -0.4 is 0 Å². The molecule has 0 aromatic heterocycles. The summed E-state index contributed by atoms with van der Waals surface area (Å²) in [5.74, 6) is 0.383. The zero-order valence-corrected chi connectivity index (χ0v) is 27.9. The van der Waals surface area contributed by atoms with E-state index in [0.717, 1.165) is 72.0 Å². The summed E-state index contributed by atoms with van der Waals surface area (Å²) in [7, 11) is 0. The Morgan fingerprint density at radius 3 is 2.11 bits per heavy atom. The Labute approximate surface area is 272 Å². The lowest BCUT2D eigenvalue weighted by atomic mass is 9.79. The molecule has 0 fully saturated rings. The first kappa shape index (κ1) is 34.5. The third kappa shape index (κ3) is 7.24. The fourth-order valence-corrected chi connectivity index (χ4v) is 5.88. The molecule has 0 heterocycles. The van der Waals surface area contributed by atoms with Crippen LogP contribution in [0.25, 0.3) is 57.3 Å². The smallest absolute Gasteiger partial charge is 0.00201 e. The van der Waals surface area contributed by atoms with Crippen molar-refractivity contribution >= 4 is 46.2 Å². The molecular weight excluding hydrogens is 540 g/mol. The lowest BCUT2D eigenvalue weighted by Crippen LogP contribution is -2.02. The first-order chi connectivity index (χ1) is 21.8. The maximum Gasteiger partial charge on any atom is -0.00201 e. The van der Waals surface area contributed by atoms with Gasteiger partial charge >= 0.3 is 0 Å². The highest BCUT2D eigenvalue weighted by Crippen LogP contribution is 2.46. The Kier molecular flexibility index (Phi) is 12.5. The van der Waals surface area contributed by atoms with Crippen molar-refractivity contribution in [2.75, 3.05) is 0 Å². The molecule has 3 aromatic rings. The number of hydrogen-bond donors (Lipinski definition) is 0. The van der Waals surface area contributed by atoms with Crippen LogP contribution in [0.1, 0.15) is 74.4 Å². The lowest BCUT2D eigenvalue weighted by Gasteiger charge is -2.24. The monoisotopic (exact) mass is 588 g/mol. The molecule has 0 amide bonds. The van der Waals surface area contributed by atoms with Gasteiger partial charge in [-0.1, -0.05) is 175 Å². The summed E-state index contributed by atoms with van der Waals surface area (Å²) < 4.78 is 0. The Bertz CT molecular complexity index is 1800. The molecule has 1 unspecified atom stereocenters. The van der Waals surface area contributed by atoms with E-state index in [9.17, 15) is 0 Å². The summed E-state index contributed by atoms with van der Waals surface area (Å²) in [5.41, 5.74) is 12.8. The number of benzene rings is 3. The first-order valence-electron chi connectivity index (χ1n) is 15.8. The van der Waals surface area contributed by atoms with Gasteiger partial charge < -0.3 is 0 Å². The highest BCUT2D eigenvalue weighted by atomic mass is 14.3. The minimum atomic E-state index is 0.383. The summed E-state index contributed by atoms with van der Waals surface area (Å²) in [6, 6.07) is 13.1. The maximum atomic E-state index is 4.31. The van der Waals surface area contributed by atoms with Gasteiger partial charge in [0.25, 0.3) is 0 Å². The molecule has 0 heteroatoms. The molecule has 45 heavy (non-hydrogen) atoms. The first-order valence-corrected chi connectivity index (χ1v) is 15.8. The van der Waals surface area contributed by atoms with Crippen molar-refractivity contribution in [1.29, 1.82) is 0 Å². The molecule has 1 aliphatic rings. The van der Waals surface area contributed by atoms with Crippen LogP contribution >= 0.6 is 0 Å². The van der Waals surface area contributed by atoms with Crippen LogP contribution in [-0.4, -0.2) is 0 Å². The molecule has 4 rings (SSSR count). The average Bonchev–Trinajstić information content (AvgIpc) is 3.27. The van der Waals surface area contributed by atoms with Gasteiger partial charge in [-0.05, 0) is 97.8 Å². The van der Waals surface area contributed by atoms with Crippen molar-refractivity contribution in [3.8, 4) is 11.1 Å². The summed E-state index contributed by atoms with van der Waals surface area (Å²) in [5, 5.41) is 2.24.